The van der Waals surface area contributed by atoms with E-state index in [1.807, 2.05) is 6.92 Å². The summed E-state index contributed by atoms with van der Waals surface area (Å²) < 4.78 is 0. The molecular weight excluding hydrogens is 228 g/mol. The molecule has 1 atom stereocenters. The molecule has 0 spiro atoms. The highest BCUT2D eigenvalue weighted by Crippen LogP contribution is 2.29. The molecule has 0 saturated heterocycles. The number of urea groups is 1. The van der Waals surface area contributed by atoms with Crippen molar-refractivity contribution in [1.29, 1.82) is 0 Å². The summed E-state index contributed by atoms with van der Waals surface area (Å²) in [6.45, 7) is 5.00. The summed E-state index contributed by atoms with van der Waals surface area (Å²) in [5.74, 6) is 0.199. The van der Waals surface area contributed by atoms with Gasteiger partial charge in [0.15, 0.2) is 0 Å². The van der Waals surface area contributed by atoms with Crippen molar-refractivity contribution in [2.24, 2.45) is 5.92 Å². The first-order chi connectivity index (χ1) is 7.54. The van der Waals surface area contributed by atoms with Crippen LogP contribution in [0.25, 0.3) is 0 Å². The first-order valence-corrected chi connectivity index (χ1v) is 6.22. The molecule has 1 fully saturated rings. The Morgan fingerprint density at radius 1 is 1.50 bits per heavy atom. The second kappa shape index (κ2) is 6.09. The van der Waals surface area contributed by atoms with Crippen molar-refractivity contribution in [3.05, 3.63) is 0 Å². The minimum Gasteiger partial charge on any atom is -0.324 e. The molecule has 4 nitrogen and oxygen atoms in total. The van der Waals surface area contributed by atoms with Crippen LogP contribution < -0.4 is 5.32 Å². The first kappa shape index (κ1) is 13.3. The zero-order valence-electron chi connectivity index (χ0n) is 9.83. The summed E-state index contributed by atoms with van der Waals surface area (Å²) in [5.41, 5.74) is 0. The molecule has 0 radical (unpaired) electrons. The van der Waals surface area contributed by atoms with Crippen LogP contribution in [0.3, 0.4) is 0 Å². The Labute approximate surface area is 101 Å². The fourth-order valence-electron chi connectivity index (χ4n) is 1.44. The van der Waals surface area contributed by atoms with Crippen LogP contribution in [0.5, 0.6) is 0 Å². The number of amides is 3. The summed E-state index contributed by atoms with van der Waals surface area (Å²) in [6.07, 6.45) is 3.27. The fraction of sp³-hybridized carbons (Fsp3) is 0.818. The zero-order chi connectivity index (χ0) is 12.1. The molecular formula is C11H19ClN2O2. The van der Waals surface area contributed by atoms with Gasteiger partial charge in [0, 0.05) is 13.1 Å². The summed E-state index contributed by atoms with van der Waals surface area (Å²) in [6, 6.07) is -0.314. The number of hydrogen-bond acceptors (Lipinski definition) is 2. The summed E-state index contributed by atoms with van der Waals surface area (Å²) in [5, 5.41) is 1.64. The van der Waals surface area contributed by atoms with Crippen LogP contribution in [0.2, 0.25) is 0 Å². The summed E-state index contributed by atoms with van der Waals surface area (Å²) in [4.78, 5) is 24.7. The van der Waals surface area contributed by atoms with Crippen molar-refractivity contribution >= 4 is 23.5 Å². The van der Waals surface area contributed by atoms with E-state index < -0.39 is 11.3 Å². The molecule has 3 amide bonds. The molecule has 1 unspecified atom stereocenters. The van der Waals surface area contributed by atoms with Gasteiger partial charge in [-0.3, -0.25) is 10.1 Å². The molecule has 0 bridgehead atoms. The third-order valence-corrected chi connectivity index (χ3v) is 2.75. The van der Waals surface area contributed by atoms with Crippen LogP contribution in [0.4, 0.5) is 4.79 Å². The highest BCUT2D eigenvalue weighted by molar-refractivity contribution is 6.31. The second-order valence-electron chi connectivity index (χ2n) is 4.30. The Balaban J connectivity index is 2.42. The molecule has 1 rings (SSSR count). The van der Waals surface area contributed by atoms with E-state index in [2.05, 4.69) is 5.32 Å². The molecule has 1 aliphatic carbocycles. The van der Waals surface area contributed by atoms with Gasteiger partial charge in [-0.25, -0.2) is 4.79 Å². The number of nitrogens with zero attached hydrogens (tertiary/aromatic N) is 1. The maximum absolute atomic E-state index is 11.7. The van der Waals surface area contributed by atoms with Gasteiger partial charge < -0.3 is 4.90 Å². The first-order valence-electron chi connectivity index (χ1n) is 5.78. The summed E-state index contributed by atoms with van der Waals surface area (Å²) in [7, 11) is 0. The van der Waals surface area contributed by atoms with E-state index in [1.54, 1.807) is 11.8 Å². The number of nitrogens with one attached hydrogen (secondary N) is 1. The van der Waals surface area contributed by atoms with Gasteiger partial charge in [-0.15, -0.1) is 11.6 Å². The monoisotopic (exact) mass is 246 g/mol. The lowest BCUT2D eigenvalue weighted by Crippen LogP contribution is -2.46. The number of alkyl halides is 1. The van der Waals surface area contributed by atoms with Crippen LogP contribution in [-0.4, -0.2) is 35.3 Å². The molecule has 0 aromatic rings. The number of carbonyl (C=O) groups is 2. The lowest BCUT2D eigenvalue weighted by atomic mass is 10.3. The van der Waals surface area contributed by atoms with Crippen LogP contribution in [0.15, 0.2) is 0 Å². The smallest absolute Gasteiger partial charge is 0.324 e. The maximum Gasteiger partial charge on any atom is 0.324 e. The number of hydrogen-bond donors (Lipinski definition) is 1. The molecule has 16 heavy (non-hydrogen) atoms. The van der Waals surface area contributed by atoms with Gasteiger partial charge in [-0.05, 0) is 32.1 Å². The molecule has 5 heteroatoms. The Bertz CT molecular complexity index is 265. The van der Waals surface area contributed by atoms with Gasteiger partial charge in [-0.2, -0.15) is 0 Å². The maximum atomic E-state index is 11.7. The van der Waals surface area contributed by atoms with Crippen LogP contribution in [0, 0.1) is 5.92 Å². The average Bonchev–Trinajstić information content (AvgIpc) is 3.00. The van der Waals surface area contributed by atoms with Gasteiger partial charge >= 0.3 is 6.03 Å². The van der Waals surface area contributed by atoms with E-state index >= 15 is 0 Å². The van der Waals surface area contributed by atoms with Crippen molar-refractivity contribution in [2.75, 3.05) is 13.1 Å². The van der Waals surface area contributed by atoms with Gasteiger partial charge in [0.2, 0.25) is 5.91 Å². The lowest BCUT2D eigenvalue weighted by molar-refractivity contribution is -0.119. The second-order valence-corrected chi connectivity index (χ2v) is 4.95. The third kappa shape index (κ3) is 4.39. The highest BCUT2D eigenvalue weighted by Gasteiger charge is 2.27. The Morgan fingerprint density at radius 3 is 2.56 bits per heavy atom. The van der Waals surface area contributed by atoms with Crippen molar-refractivity contribution in [1.82, 2.24) is 10.2 Å². The van der Waals surface area contributed by atoms with E-state index in [0.717, 1.165) is 13.0 Å². The molecule has 0 aromatic heterocycles. The van der Waals surface area contributed by atoms with E-state index in [1.165, 1.54) is 12.8 Å². The number of imide groups is 1. The van der Waals surface area contributed by atoms with E-state index in [9.17, 15) is 9.59 Å². The predicted molar refractivity (Wildman–Crippen MR) is 63.4 cm³/mol. The Kier molecular flexibility index (Phi) is 5.06. The molecule has 0 heterocycles. The number of halogens is 1. The number of rotatable bonds is 5. The van der Waals surface area contributed by atoms with Crippen LogP contribution >= 0.6 is 11.6 Å². The molecule has 0 aliphatic heterocycles. The molecule has 0 aromatic carbocycles. The zero-order valence-corrected chi connectivity index (χ0v) is 10.6. The lowest BCUT2D eigenvalue weighted by Gasteiger charge is -2.22. The van der Waals surface area contributed by atoms with Crippen LogP contribution in [0.1, 0.15) is 33.1 Å². The van der Waals surface area contributed by atoms with Crippen molar-refractivity contribution < 1.29 is 9.59 Å². The minimum absolute atomic E-state index is 0.314. The van der Waals surface area contributed by atoms with Gasteiger partial charge in [-0.1, -0.05) is 6.92 Å². The SMILES string of the molecule is CCCN(CC1CC1)C(=O)NC(=O)C(C)Cl. The van der Waals surface area contributed by atoms with E-state index in [-0.39, 0.29) is 6.03 Å². The van der Waals surface area contributed by atoms with Gasteiger partial charge in [0.05, 0.1) is 0 Å². The normalized spacial score (nSPS) is 16.7. The largest absolute Gasteiger partial charge is 0.324 e. The summed E-state index contributed by atoms with van der Waals surface area (Å²) >= 11 is 5.59. The molecule has 92 valence electrons. The van der Waals surface area contributed by atoms with Crippen molar-refractivity contribution in [2.45, 2.75) is 38.5 Å². The highest BCUT2D eigenvalue weighted by atomic mass is 35.5. The quantitative estimate of drug-likeness (QED) is 0.754. The van der Waals surface area contributed by atoms with Crippen LogP contribution in [-0.2, 0) is 4.79 Å². The minimum atomic E-state index is -0.673. The van der Waals surface area contributed by atoms with E-state index in [4.69, 9.17) is 11.6 Å². The van der Waals surface area contributed by atoms with Crippen molar-refractivity contribution in [3.63, 3.8) is 0 Å². The number of carbonyl (C=O) groups excluding carboxylic acids is 2. The van der Waals surface area contributed by atoms with Crippen molar-refractivity contribution in [3.8, 4) is 0 Å². The Hall–Kier alpha value is -0.770. The fourth-order valence-corrected chi connectivity index (χ4v) is 1.50. The van der Waals surface area contributed by atoms with E-state index in [0.29, 0.717) is 12.5 Å². The topological polar surface area (TPSA) is 49.4 Å². The molecule has 1 N–H and O–H groups in total. The Morgan fingerprint density at radius 2 is 2.12 bits per heavy atom. The molecule has 1 saturated carbocycles. The third-order valence-electron chi connectivity index (χ3n) is 2.55. The predicted octanol–water partition coefficient (Wildman–Crippen LogP) is 1.97. The van der Waals surface area contributed by atoms with Gasteiger partial charge in [0.25, 0.3) is 0 Å². The standard InChI is InChI=1S/C11H19ClN2O2/c1-3-6-14(7-9-4-5-9)11(16)13-10(15)8(2)12/h8-9H,3-7H2,1-2H3,(H,13,15,16). The molecule has 1 aliphatic rings. The van der Waals surface area contributed by atoms with Gasteiger partial charge in [0.1, 0.15) is 5.38 Å². The average molecular weight is 247 g/mol.